The average Bonchev–Trinajstić information content (AvgIpc) is 3.25. The predicted octanol–water partition coefficient (Wildman–Crippen LogP) is 3.22. The van der Waals surface area contributed by atoms with Gasteiger partial charge in [0.25, 0.3) is 0 Å². The number of hydrogen-bond donors (Lipinski definition) is 1. The van der Waals surface area contributed by atoms with Gasteiger partial charge in [0.1, 0.15) is 0 Å². The summed E-state index contributed by atoms with van der Waals surface area (Å²) >= 11 is 1.37. The summed E-state index contributed by atoms with van der Waals surface area (Å²) in [6.45, 7) is 5.65. The standard InChI is InChI=1S/C20H24N2O4S/c1-12-10-17(13(2)22(12)15-4-5-15)20(25)26-11-18(24)19-7-6-16(27-19)8-9-21-14(3)23/h6-7,10,15H,4-5,8-9,11H2,1-3H3,(H,21,23). The first-order valence-electron chi connectivity index (χ1n) is 9.08. The van der Waals surface area contributed by atoms with Crippen LogP contribution in [0.4, 0.5) is 0 Å². The number of aromatic nitrogens is 1. The lowest BCUT2D eigenvalue weighted by Gasteiger charge is -2.07. The van der Waals surface area contributed by atoms with Crippen LogP contribution >= 0.6 is 11.3 Å². The maximum absolute atomic E-state index is 12.4. The van der Waals surface area contributed by atoms with Crippen LogP contribution in [-0.2, 0) is 16.0 Å². The van der Waals surface area contributed by atoms with E-state index in [0.717, 1.165) is 29.1 Å². The Labute approximate surface area is 162 Å². The van der Waals surface area contributed by atoms with E-state index in [0.29, 0.717) is 29.4 Å². The molecule has 0 aromatic carbocycles. The zero-order valence-corrected chi connectivity index (χ0v) is 16.6. The van der Waals surface area contributed by atoms with Crippen LogP contribution < -0.4 is 5.32 Å². The zero-order valence-electron chi connectivity index (χ0n) is 15.8. The fourth-order valence-electron chi connectivity index (χ4n) is 3.18. The van der Waals surface area contributed by atoms with Gasteiger partial charge in [0.15, 0.2) is 6.61 Å². The van der Waals surface area contributed by atoms with Gasteiger partial charge >= 0.3 is 5.97 Å². The molecule has 27 heavy (non-hydrogen) atoms. The molecule has 7 heteroatoms. The lowest BCUT2D eigenvalue weighted by molar-refractivity contribution is -0.118. The third-order valence-corrected chi connectivity index (χ3v) is 5.82. The minimum Gasteiger partial charge on any atom is -0.454 e. The van der Waals surface area contributed by atoms with E-state index in [1.807, 2.05) is 26.0 Å². The van der Waals surface area contributed by atoms with Crippen LogP contribution in [0.3, 0.4) is 0 Å². The Kier molecular flexibility index (Phi) is 5.79. The molecule has 6 nitrogen and oxygen atoms in total. The van der Waals surface area contributed by atoms with Crippen molar-refractivity contribution in [2.75, 3.05) is 13.2 Å². The summed E-state index contributed by atoms with van der Waals surface area (Å²) in [6.07, 6.45) is 2.96. The van der Waals surface area contributed by atoms with E-state index >= 15 is 0 Å². The maximum atomic E-state index is 12.4. The van der Waals surface area contributed by atoms with Crippen molar-refractivity contribution in [3.05, 3.63) is 44.9 Å². The highest BCUT2D eigenvalue weighted by Crippen LogP contribution is 2.38. The Morgan fingerprint density at radius 2 is 2.00 bits per heavy atom. The van der Waals surface area contributed by atoms with Crippen molar-refractivity contribution in [2.45, 2.75) is 46.1 Å². The van der Waals surface area contributed by atoms with Gasteiger partial charge in [-0.1, -0.05) is 0 Å². The second-order valence-corrected chi connectivity index (χ2v) is 8.05. The van der Waals surface area contributed by atoms with Crippen molar-refractivity contribution in [1.29, 1.82) is 0 Å². The molecular weight excluding hydrogens is 364 g/mol. The van der Waals surface area contributed by atoms with Crippen LogP contribution in [0.25, 0.3) is 0 Å². The third kappa shape index (κ3) is 4.66. The SMILES string of the molecule is CC(=O)NCCc1ccc(C(=O)COC(=O)c2cc(C)n(C3CC3)c2C)s1. The molecule has 0 aliphatic heterocycles. The average molecular weight is 388 g/mol. The Morgan fingerprint density at radius 1 is 1.26 bits per heavy atom. The van der Waals surface area contributed by atoms with Crippen molar-refractivity contribution < 1.29 is 19.1 Å². The number of esters is 1. The number of nitrogens with zero attached hydrogens (tertiary/aromatic N) is 1. The Bertz CT molecular complexity index is 877. The molecule has 1 aliphatic rings. The monoisotopic (exact) mass is 388 g/mol. The number of aryl methyl sites for hydroxylation is 1. The summed E-state index contributed by atoms with van der Waals surface area (Å²) < 4.78 is 7.44. The number of ether oxygens (including phenoxy) is 1. The largest absolute Gasteiger partial charge is 0.454 e. The lowest BCUT2D eigenvalue weighted by Crippen LogP contribution is -2.22. The molecule has 1 amide bonds. The highest BCUT2D eigenvalue weighted by atomic mass is 32.1. The highest BCUT2D eigenvalue weighted by molar-refractivity contribution is 7.14. The van der Waals surface area contributed by atoms with Crippen molar-refractivity contribution >= 4 is 29.0 Å². The number of nitrogens with one attached hydrogen (secondary N) is 1. The molecule has 0 atom stereocenters. The third-order valence-electron chi connectivity index (χ3n) is 4.63. The quantitative estimate of drug-likeness (QED) is 0.556. The first kappa shape index (κ1) is 19.4. The van der Waals surface area contributed by atoms with Crippen LogP contribution in [0.15, 0.2) is 18.2 Å². The number of Topliss-reactive ketones (excluding diaryl/α,β-unsaturated/α-hetero) is 1. The number of carbonyl (C=O) groups is 3. The minimum absolute atomic E-state index is 0.0733. The summed E-state index contributed by atoms with van der Waals surface area (Å²) in [5.74, 6) is -0.739. The molecule has 0 unspecified atom stereocenters. The summed E-state index contributed by atoms with van der Waals surface area (Å²) in [6, 6.07) is 5.94. The minimum atomic E-state index is -0.453. The van der Waals surface area contributed by atoms with Crippen LogP contribution in [0.5, 0.6) is 0 Å². The van der Waals surface area contributed by atoms with E-state index < -0.39 is 5.97 Å². The molecule has 1 N–H and O–H groups in total. The summed E-state index contributed by atoms with van der Waals surface area (Å²) in [4.78, 5) is 37.2. The summed E-state index contributed by atoms with van der Waals surface area (Å²) in [7, 11) is 0. The molecule has 2 heterocycles. The molecule has 0 saturated heterocycles. The van der Waals surface area contributed by atoms with Gasteiger partial charge in [-0.3, -0.25) is 9.59 Å². The highest BCUT2D eigenvalue weighted by Gasteiger charge is 2.29. The Morgan fingerprint density at radius 3 is 2.67 bits per heavy atom. The van der Waals surface area contributed by atoms with Gasteiger partial charge in [-0.15, -0.1) is 11.3 Å². The fourth-order valence-corrected chi connectivity index (χ4v) is 4.11. The first-order valence-corrected chi connectivity index (χ1v) is 9.90. The van der Waals surface area contributed by atoms with Crippen molar-refractivity contribution in [2.24, 2.45) is 0 Å². The summed E-state index contributed by atoms with van der Waals surface area (Å²) in [5, 5.41) is 2.73. The van der Waals surface area contributed by atoms with Crippen molar-refractivity contribution in [1.82, 2.24) is 9.88 Å². The van der Waals surface area contributed by atoms with E-state index in [1.54, 1.807) is 6.07 Å². The summed E-state index contributed by atoms with van der Waals surface area (Å²) in [5.41, 5.74) is 2.49. The zero-order chi connectivity index (χ0) is 19.6. The van der Waals surface area contributed by atoms with E-state index in [1.165, 1.54) is 18.3 Å². The second kappa shape index (κ2) is 8.08. The number of rotatable bonds is 8. The molecule has 2 aromatic heterocycles. The van der Waals surface area contributed by atoms with E-state index in [2.05, 4.69) is 9.88 Å². The van der Waals surface area contributed by atoms with E-state index in [9.17, 15) is 14.4 Å². The second-order valence-electron chi connectivity index (χ2n) is 6.88. The molecule has 1 fully saturated rings. The van der Waals surface area contributed by atoms with Gasteiger partial charge in [-0.25, -0.2) is 4.79 Å². The Hall–Kier alpha value is -2.41. The maximum Gasteiger partial charge on any atom is 0.340 e. The van der Waals surface area contributed by atoms with Gasteiger partial charge < -0.3 is 14.6 Å². The van der Waals surface area contributed by atoms with Crippen molar-refractivity contribution in [3.8, 4) is 0 Å². The van der Waals surface area contributed by atoms with E-state index in [4.69, 9.17) is 4.74 Å². The molecule has 1 saturated carbocycles. The van der Waals surface area contributed by atoms with Crippen LogP contribution in [-0.4, -0.2) is 35.4 Å². The van der Waals surface area contributed by atoms with Gasteiger partial charge in [-0.2, -0.15) is 0 Å². The van der Waals surface area contributed by atoms with Gasteiger partial charge in [0.2, 0.25) is 11.7 Å². The predicted molar refractivity (Wildman–Crippen MR) is 103 cm³/mol. The molecule has 0 spiro atoms. The number of hydrogen-bond acceptors (Lipinski definition) is 5. The lowest BCUT2D eigenvalue weighted by atomic mass is 10.2. The van der Waals surface area contributed by atoms with Gasteiger partial charge in [0.05, 0.1) is 10.4 Å². The van der Waals surface area contributed by atoms with Crippen LogP contribution in [0.1, 0.15) is 62.1 Å². The normalized spacial score (nSPS) is 13.4. The number of ketones is 1. The van der Waals surface area contributed by atoms with Crippen LogP contribution in [0.2, 0.25) is 0 Å². The smallest absolute Gasteiger partial charge is 0.340 e. The van der Waals surface area contributed by atoms with Crippen molar-refractivity contribution in [3.63, 3.8) is 0 Å². The topological polar surface area (TPSA) is 77.4 Å². The molecule has 2 aromatic rings. The molecule has 1 aliphatic carbocycles. The van der Waals surface area contributed by atoms with Crippen LogP contribution in [0, 0.1) is 13.8 Å². The first-order chi connectivity index (χ1) is 12.9. The fraction of sp³-hybridized carbons (Fsp3) is 0.450. The van der Waals surface area contributed by atoms with Gasteiger partial charge in [0, 0.05) is 35.8 Å². The molecule has 0 bridgehead atoms. The number of thiophene rings is 1. The number of carbonyl (C=O) groups excluding carboxylic acids is 3. The molecule has 0 radical (unpaired) electrons. The molecule has 3 rings (SSSR count). The molecule has 144 valence electrons. The number of amides is 1. The van der Waals surface area contributed by atoms with Gasteiger partial charge in [-0.05, 0) is 51.3 Å². The Balaban J connectivity index is 1.55. The molecular formula is C20H24N2O4S. The van der Waals surface area contributed by atoms with E-state index in [-0.39, 0.29) is 18.3 Å².